The van der Waals surface area contributed by atoms with Crippen molar-refractivity contribution in [3.63, 3.8) is 0 Å². The minimum Gasteiger partial charge on any atom is -0.370 e. The first-order valence-electron chi connectivity index (χ1n) is 7.03. The van der Waals surface area contributed by atoms with Gasteiger partial charge < -0.3 is 15.0 Å². The molecule has 2 aliphatic carbocycles. The van der Waals surface area contributed by atoms with Crippen molar-refractivity contribution in [3.8, 4) is 0 Å². The van der Waals surface area contributed by atoms with E-state index in [-0.39, 0.29) is 18.1 Å². The van der Waals surface area contributed by atoms with Crippen LogP contribution in [0.2, 0.25) is 0 Å². The van der Waals surface area contributed by atoms with Crippen LogP contribution in [0.4, 0.5) is 0 Å². The number of nitrogens with zero attached hydrogens (tertiary/aromatic N) is 2. The molecule has 4 rings (SSSR count). The molecule has 5 atom stereocenters. The Morgan fingerprint density at radius 1 is 1.17 bits per heavy atom. The van der Waals surface area contributed by atoms with E-state index in [4.69, 9.17) is 15.0 Å². The van der Waals surface area contributed by atoms with Crippen LogP contribution in [0.3, 0.4) is 0 Å². The van der Waals surface area contributed by atoms with Crippen LogP contribution in [-0.4, -0.2) is 22.8 Å². The van der Waals surface area contributed by atoms with Crippen LogP contribution in [0.1, 0.15) is 55.8 Å². The molecule has 1 saturated heterocycles. The number of hydrogen-bond acceptors (Lipinski definition) is 5. The van der Waals surface area contributed by atoms with E-state index < -0.39 is 0 Å². The van der Waals surface area contributed by atoms with Crippen LogP contribution in [0.5, 0.6) is 0 Å². The molecule has 0 amide bonds. The molecule has 0 spiro atoms. The lowest BCUT2D eigenvalue weighted by atomic mass is 9.85. The van der Waals surface area contributed by atoms with Crippen LogP contribution in [-0.2, 0) is 4.74 Å². The zero-order chi connectivity index (χ0) is 12.1. The summed E-state index contributed by atoms with van der Waals surface area (Å²) < 4.78 is 11.1. The third-order valence-electron chi connectivity index (χ3n) is 4.94. The second kappa shape index (κ2) is 4.03. The van der Waals surface area contributed by atoms with Crippen molar-refractivity contribution >= 4 is 0 Å². The molecule has 2 bridgehead atoms. The molecule has 3 aliphatic rings. The lowest BCUT2D eigenvalue weighted by molar-refractivity contribution is 0.103. The molecule has 98 valence electrons. The summed E-state index contributed by atoms with van der Waals surface area (Å²) in [5, 5.41) is 4.09. The smallest absolute Gasteiger partial charge is 0.231 e. The highest BCUT2D eigenvalue weighted by atomic mass is 16.5. The lowest BCUT2D eigenvalue weighted by Gasteiger charge is -2.24. The van der Waals surface area contributed by atoms with Crippen molar-refractivity contribution in [1.29, 1.82) is 0 Å². The van der Waals surface area contributed by atoms with E-state index in [1.54, 1.807) is 0 Å². The highest BCUT2D eigenvalue weighted by Crippen LogP contribution is 2.51. The number of nitrogens with two attached hydrogens (primary N) is 1. The van der Waals surface area contributed by atoms with Gasteiger partial charge in [0.25, 0.3) is 0 Å². The summed E-state index contributed by atoms with van der Waals surface area (Å²) in [6.45, 7) is 0.808. The van der Waals surface area contributed by atoms with Crippen LogP contribution < -0.4 is 5.73 Å². The maximum Gasteiger partial charge on any atom is 0.231 e. The maximum absolute atomic E-state index is 6.30. The molecule has 1 aliphatic heterocycles. The van der Waals surface area contributed by atoms with Gasteiger partial charge in [-0.25, -0.2) is 0 Å². The van der Waals surface area contributed by atoms with E-state index in [0.717, 1.165) is 31.2 Å². The monoisotopic (exact) mass is 249 g/mol. The minimum atomic E-state index is 0.0392. The Labute approximate surface area is 106 Å². The number of rotatable bonds is 2. The Bertz CT molecular complexity index is 439. The van der Waals surface area contributed by atoms with Gasteiger partial charge in [-0.05, 0) is 43.9 Å². The third kappa shape index (κ3) is 1.53. The first-order chi connectivity index (χ1) is 8.83. The van der Waals surface area contributed by atoms with Crippen LogP contribution in [0, 0.1) is 11.8 Å². The summed E-state index contributed by atoms with van der Waals surface area (Å²) in [6.07, 6.45) is 5.90. The topological polar surface area (TPSA) is 74.2 Å². The predicted molar refractivity (Wildman–Crippen MR) is 63.8 cm³/mol. The summed E-state index contributed by atoms with van der Waals surface area (Å²) >= 11 is 0. The maximum atomic E-state index is 6.30. The molecular formula is C13H19N3O2. The molecule has 18 heavy (non-hydrogen) atoms. The number of ether oxygens (including phenoxy) is 1. The number of aromatic nitrogens is 2. The fourth-order valence-corrected chi connectivity index (χ4v) is 4.00. The van der Waals surface area contributed by atoms with Crippen molar-refractivity contribution in [2.24, 2.45) is 17.6 Å². The molecule has 2 N–H and O–H groups in total. The summed E-state index contributed by atoms with van der Waals surface area (Å²) in [4.78, 5) is 4.56. The van der Waals surface area contributed by atoms with E-state index in [1.807, 2.05) is 0 Å². The van der Waals surface area contributed by atoms with Gasteiger partial charge in [-0.1, -0.05) is 5.16 Å². The zero-order valence-corrected chi connectivity index (χ0v) is 10.4. The van der Waals surface area contributed by atoms with Crippen LogP contribution in [0.15, 0.2) is 4.52 Å². The van der Waals surface area contributed by atoms with Gasteiger partial charge >= 0.3 is 0 Å². The Hall–Kier alpha value is -0.940. The molecule has 0 aromatic carbocycles. The predicted octanol–water partition coefficient (Wildman–Crippen LogP) is 1.76. The lowest BCUT2D eigenvalue weighted by Crippen LogP contribution is -2.34. The van der Waals surface area contributed by atoms with Gasteiger partial charge in [0.2, 0.25) is 11.7 Å². The van der Waals surface area contributed by atoms with Crippen molar-refractivity contribution in [3.05, 3.63) is 11.7 Å². The molecule has 5 unspecified atom stereocenters. The zero-order valence-electron chi connectivity index (χ0n) is 10.4. The first kappa shape index (κ1) is 10.9. The Balaban J connectivity index is 1.58. The van der Waals surface area contributed by atoms with Crippen LogP contribution >= 0.6 is 0 Å². The molecule has 1 aromatic heterocycles. The molecular weight excluding hydrogens is 230 g/mol. The normalized spacial score (nSPS) is 42.8. The summed E-state index contributed by atoms with van der Waals surface area (Å²) in [5.74, 6) is 3.07. The average molecular weight is 249 g/mol. The second-order valence-electron chi connectivity index (χ2n) is 5.93. The van der Waals surface area contributed by atoms with Gasteiger partial charge in [-0.15, -0.1) is 0 Å². The fraction of sp³-hybridized carbons (Fsp3) is 0.846. The van der Waals surface area contributed by atoms with Gasteiger partial charge in [0.1, 0.15) is 6.10 Å². The largest absolute Gasteiger partial charge is 0.370 e. The molecule has 2 heterocycles. The van der Waals surface area contributed by atoms with E-state index in [0.29, 0.717) is 11.8 Å². The molecule has 5 nitrogen and oxygen atoms in total. The third-order valence-corrected chi connectivity index (χ3v) is 4.94. The van der Waals surface area contributed by atoms with Gasteiger partial charge in [0, 0.05) is 12.6 Å². The fourth-order valence-electron chi connectivity index (χ4n) is 4.00. The van der Waals surface area contributed by atoms with Gasteiger partial charge in [-0.2, -0.15) is 4.98 Å². The van der Waals surface area contributed by atoms with E-state index in [1.165, 1.54) is 19.3 Å². The van der Waals surface area contributed by atoms with E-state index >= 15 is 0 Å². The van der Waals surface area contributed by atoms with E-state index in [2.05, 4.69) is 10.1 Å². The highest BCUT2D eigenvalue weighted by Gasteiger charge is 2.49. The van der Waals surface area contributed by atoms with Gasteiger partial charge in [0.05, 0.1) is 5.92 Å². The van der Waals surface area contributed by atoms with Crippen molar-refractivity contribution < 1.29 is 9.26 Å². The Morgan fingerprint density at radius 3 is 2.78 bits per heavy atom. The SMILES string of the molecule is NC1C2CCC(C2)C1c1nc(C2CCCO2)no1. The first-order valence-corrected chi connectivity index (χ1v) is 7.03. The molecule has 1 aromatic rings. The summed E-state index contributed by atoms with van der Waals surface area (Å²) in [5.41, 5.74) is 6.30. The van der Waals surface area contributed by atoms with Crippen molar-refractivity contribution in [2.45, 2.75) is 50.2 Å². The van der Waals surface area contributed by atoms with Crippen molar-refractivity contribution in [2.75, 3.05) is 6.61 Å². The quantitative estimate of drug-likeness (QED) is 0.864. The number of hydrogen-bond donors (Lipinski definition) is 1. The Kier molecular flexibility index (Phi) is 2.45. The summed E-state index contributed by atoms with van der Waals surface area (Å²) in [7, 11) is 0. The van der Waals surface area contributed by atoms with Crippen LogP contribution in [0.25, 0.3) is 0 Å². The molecule has 5 heteroatoms. The van der Waals surface area contributed by atoms with Gasteiger partial charge in [0.15, 0.2) is 0 Å². The average Bonchev–Trinajstić information content (AvgIpc) is 3.13. The molecule has 2 saturated carbocycles. The second-order valence-corrected chi connectivity index (χ2v) is 5.93. The molecule has 0 radical (unpaired) electrons. The number of fused-ring (bicyclic) bond motifs is 2. The minimum absolute atomic E-state index is 0.0392. The highest BCUT2D eigenvalue weighted by molar-refractivity contribution is 5.12. The standard InChI is InChI=1S/C13H19N3O2/c14-11-8-4-3-7(6-8)10(11)13-15-12(16-18-13)9-2-1-5-17-9/h7-11H,1-6,14H2. The van der Waals surface area contributed by atoms with Gasteiger partial charge in [-0.3, -0.25) is 0 Å². The van der Waals surface area contributed by atoms with E-state index in [9.17, 15) is 0 Å². The Morgan fingerprint density at radius 2 is 2.06 bits per heavy atom. The van der Waals surface area contributed by atoms with Crippen molar-refractivity contribution in [1.82, 2.24) is 10.1 Å². The molecule has 3 fully saturated rings. The summed E-state index contributed by atoms with van der Waals surface area (Å²) in [6, 6.07) is 0.210.